The van der Waals surface area contributed by atoms with E-state index < -0.39 is 8.07 Å². The fourth-order valence-electron chi connectivity index (χ4n) is 7.62. The lowest BCUT2D eigenvalue weighted by Gasteiger charge is -2.37. The molecular weight excluding hydrogens is 625 g/mol. The normalized spacial score (nSPS) is 11.1. The van der Waals surface area contributed by atoms with Crippen molar-refractivity contribution in [1.82, 2.24) is 4.57 Å². The molecule has 0 saturated carbocycles. The Kier molecular flexibility index (Phi) is 7.63. The quantitative estimate of drug-likeness (QED) is 0.104. The van der Waals surface area contributed by atoms with E-state index in [2.05, 4.69) is 119 Å². The monoisotopic (exact) mass is 652 g/mol. The predicted molar refractivity (Wildman–Crippen MR) is 206 cm³/mol. The first kappa shape index (κ1) is 30.4. The Morgan fingerprint density at radius 2 is 1.10 bits per heavy atom. The molecule has 8 rings (SSSR count). The van der Waals surface area contributed by atoms with Crippen molar-refractivity contribution < 1.29 is 0 Å². The third kappa shape index (κ3) is 4.64. The molecule has 0 radical (unpaired) electrons. The fourth-order valence-corrected chi connectivity index (χ4v) is 12.7. The lowest BCUT2D eigenvalue weighted by molar-refractivity contribution is 1.18. The van der Waals surface area contributed by atoms with E-state index in [-0.39, 0.29) is 0 Å². The highest BCUT2D eigenvalue weighted by Crippen LogP contribution is 2.40. The van der Waals surface area contributed by atoms with Gasteiger partial charge < -0.3 is 4.57 Å². The zero-order valence-electron chi connectivity index (χ0n) is 27.0. The Hall–Kier alpha value is -6.97. The number of hydrogen-bond acceptors (Lipinski definition) is 2. The SMILES string of the molecule is [C-]#[N+]c1ccc(C#N)c([Si](c2ccccc2)(c2ccccc2)c2ccccc2)c1-c1ccccc1-n1c2ccccc2c2cc(C#N)ccc21. The molecule has 1 heterocycles. The summed E-state index contributed by atoms with van der Waals surface area (Å²) < 4.78 is 2.23. The van der Waals surface area contributed by atoms with Crippen LogP contribution in [0.1, 0.15) is 11.1 Å². The Morgan fingerprint density at radius 1 is 0.540 bits per heavy atom. The first-order valence-corrected chi connectivity index (χ1v) is 18.4. The van der Waals surface area contributed by atoms with Gasteiger partial charge in [0.15, 0.2) is 13.8 Å². The van der Waals surface area contributed by atoms with Crippen LogP contribution in [-0.2, 0) is 0 Å². The predicted octanol–water partition coefficient (Wildman–Crippen LogP) is 8.12. The maximum Gasteiger partial charge on any atom is 0.194 e. The topological polar surface area (TPSA) is 56.9 Å². The second-order valence-corrected chi connectivity index (χ2v) is 15.9. The van der Waals surface area contributed by atoms with Crippen LogP contribution in [0.4, 0.5) is 5.69 Å². The zero-order valence-corrected chi connectivity index (χ0v) is 28.0. The maximum absolute atomic E-state index is 11.0. The molecule has 50 heavy (non-hydrogen) atoms. The van der Waals surface area contributed by atoms with Gasteiger partial charge in [0.05, 0.1) is 46.6 Å². The average molecular weight is 653 g/mol. The number of aromatic nitrogens is 1. The fraction of sp³-hybridized carbons (Fsp3) is 0. The van der Waals surface area contributed by atoms with Gasteiger partial charge in [0.2, 0.25) is 0 Å². The third-order valence-corrected chi connectivity index (χ3v) is 14.5. The zero-order chi connectivity index (χ0) is 34.1. The van der Waals surface area contributed by atoms with Crippen LogP contribution in [0.2, 0.25) is 0 Å². The van der Waals surface area contributed by atoms with Crippen molar-refractivity contribution in [1.29, 1.82) is 10.5 Å². The molecule has 8 aromatic rings. The van der Waals surface area contributed by atoms with Crippen LogP contribution in [-0.4, -0.2) is 12.6 Å². The van der Waals surface area contributed by atoms with Gasteiger partial charge in [-0.05, 0) is 62.2 Å². The van der Waals surface area contributed by atoms with Crippen molar-refractivity contribution in [2.75, 3.05) is 0 Å². The summed E-state index contributed by atoms with van der Waals surface area (Å²) in [7, 11) is -3.28. The summed E-state index contributed by atoms with van der Waals surface area (Å²) >= 11 is 0. The molecule has 0 bridgehead atoms. The van der Waals surface area contributed by atoms with Crippen molar-refractivity contribution in [3.05, 3.63) is 192 Å². The first-order valence-electron chi connectivity index (χ1n) is 16.4. The summed E-state index contributed by atoms with van der Waals surface area (Å²) in [5.74, 6) is 0. The van der Waals surface area contributed by atoms with Crippen LogP contribution in [0, 0.1) is 29.2 Å². The number of rotatable bonds is 6. The highest BCUT2D eigenvalue weighted by Gasteiger charge is 2.45. The Balaban J connectivity index is 1.58. The molecule has 0 aliphatic heterocycles. The number of nitrogens with zero attached hydrogens (tertiary/aromatic N) is 4. The van der Waals surface area contributed by atoms with E-state index in [0.29, 0.717) is 16.8 Å². The molecule has 0 saturated heterocycles. The highest BCUT2D eigenvalue weighted by molar-refractivity contribution is 7.20. The summed E-state index contributed by atoms with van der Waals surface area (Å²) in [4.78, 5) is 4.16. The molecule has 0 spiro atoms. The molecule has 0 unspecified atom stereocenters. The van der Waals surface area contributed by atoms with Crippen molar-refractivity contribution in [3.8, 4) is 29.0 Å². The summed E-state index contributed by atoms with van der Waals surface area (Å²) in [6.45, 7) is 8.55. The van der Waals surface area contributed by atoms with Gasteiger partial charge in [0.25, 0.3) is 0 Å². The van der Waals surface area contributed by atoms with E-state index >= 15 is 0 Å². The molecule has 0 N–H and O–H groups in total. The van der Waals surface area contributed by atoms with Gasteiger partial charge in [0, 0.05) is 10.8 Å². The molecular formula is C45H28N4Si. The number of hydrogen-bond donors (Lipinski definition) is 0. The smallest absolute Gasteiger partial charge is 0.194 e. The number of fused-ring (bicyclic) bond motifs is 3. The molecule has 0 amide bonds. The van der Waals surface area contributed by atoms with E-state index in [1.807, 2.05) is 66.7 Å². The second kappa shape index (κ2) is 12.6. The van der Waals surface area contributed by atoms with Crippen LogP contribution in [0.15, 0.2) is 170 Å². The summed E-state index contributed by atoms with van der Waals surface area (Å²) in [5.41, 5.74) is 6.08. The number of para-hydroxylation sites is 2. The number of benzene rings is 7. The molecule has 0 fully saturated rings. The van der Waals surface area contributed by atoms with Gasteiger partial charge in [-0.3, -0.25) is 0 Å². The summed E-state index contributed by atoms with van der Waals surface area (Å²) in [6, 6.07) is 62.2. The minimum atomic E-state index is -3.28. The molecule has 232 valence electrons. The molecule has 5 heteroatoms. The Labute approximate surface area is 291 Å². The van der Waals surface area contributed by atoms with E-state index in [1.54, 1.807) is 6.07 Å². The van der Waals surface area contributed by atoms with Gasteiger partial charge in [-0.2, -0.15) is 10.5 Å². The minimum absolute atomic E-state index is 0.485. The summed E-state index contributed by atoms with van der Waals surface area (Å²) in [6.07, 6.45) is 0. The van der Waals surface area contributed by atoms with E-state index in [4.69, 9.17) is 6.57 Å². The lowest BCUT2D eigenvalue weighted by Crippen LogP contribution is -2.75. The molecule has 4 nitrogen and oxygen atoms in total. The van der Waals surface area contributed by atoms with Crippen LogP contribution in [0.3, 0.4) is 0 Å². The Bertz CT molecular complexity index is 2580. The van der Waals surface area contributed by atoms with Gasteiger partial charge >= 0.3 is 0 Å². The summed E-state index contributed by atoms with van der Waals surface area (Å²) in [5, 5.41) is 27.0. The van der Waals surface area contributed by atoms with Gasteiger partial charge in [-0.15, -0.1) is 0 Å². The van der Waals surface area contributed by atoms with Crippen molar-refractivity contribution in [3.63, 3.8) is 0 Å². The van der Waals surface area contributed by atoms with Crippen LogP contribution in [0.25, 0.3) is 43.5 Å². The van der Waals surface area contributed by atoms with Gasteiger partial charge in [0.1, 0.15) is 0 Å². The third-order valence-electron chi connectivity index (χ3n) is 9.64. The van der Waals surface area contributed by atoms with Crippen LogP contribution < -0.4 is 20.7 Å². The molecule has 0 aliphatic carbocycles. The highest BCUT2D eigenvalue weighted by atomic mass is 28.3. The van der Waals surface area contributed by atoms with Crippen molar-refractivity contribution in [2.24, 2.45) is 0 Å². The lowest BCUT2D eigenvalue weighted by atomic mass is 9.98. The van der Waals surface area contributed by atoms with Gasteiger partial charge in [-0.25, -0.2) is 4.85 Å². The Morgan fingerprint density at radius 3 is 1.70 bits per heavy atom. The largest absolute Gasteiger partial charge is 0.309 e. The van der Waals surface area contributed by atoms with E-state index in [9.17, 15) is 10.5 Å². The van der Waals surface area contributed by atoms with Crippen molar-refractivity contribution in [2.45, 2.75) is 0 Å². The van der Waals surface area contributed by atoms with Crippen LogP contribution in [0.5, 0.6) is 0 Å². The second-order valence-electron chi connectivity index (χ2n) is 12.2. The van der Waals surface area contributed by atoms with Gasteiger partial charge in [-0.1, -0.05) is 140 Å². The number of nitriles is 2. The molecule has 0 aliphatic rings. The molecule has 1 aromatic heterocycles. The van der Waals surface area contributed by atoms with Crippen LogP contribution >= 0.6 is 0 Å². The average Bonchev–Trinajstić information content (AvgIpc) is 3.52. The maximum atomic E-state index is 11.0. The molecule has 0 atom stereocenters. The standard InChI is InChI=1S/C45H28N4Si/c1-48-40-27-26-33(31-47)45(50(34-15-5-2-6-16-34,35-17-7-3-8-18-35)36-19-9-4-10-20-36)44(40)38-22-12-14-24-42(38)49-41-23-13-11-21-37(41)39-29-32(30-46)25-28-43(39)49/h2-29H. The minimum Gasteiger partial charge on any atom is -0.309 e. The van der Waals surface area contributed by atoms with E-state index in [1.165, 1.54) is 0 Å². The van der Waals surface area contributed by atoms with Crippen molar-refractivity contribution >= 4 is 56.3 Å². The molecule has 7 aromatic carbocycles. The first-order chi connectivity index (χ1) is 24.7. The van der Waals surface area contributed by atoms with E-state index in [0.717, 1.165) is 59.4 Å².